The van der Waals surface area contributed by atoms with Crippen LogP contribution in [0.5, 0.6) is 5.75 Å². The molecule has 2 aromatic rings. The Morgan fingerprint density at radius 2 is 1.14 bits per heavy atom. The third kappa shape index (κ3) is 12.3. The molecule has 0 bridgehead atoms. The fourth-order valence-electron chi connectivity index (χ4n) is 4.31. The Balaban J connectivity index is 1.65. The Morgan fingerprint density at radius 1 is 0.657 bits per heavy atom. The molecule has 0 spiro atoms. The summed E-state index contributed by atoms with van der Waals surface area (Å²) in [7, 11) is 0. The van der Waals surface area contributed by atoms with Gasteiger partial charge >= 0.3 is 5.97 Å². The van der Waals surface area contributed by atoms with Gasteiger partial charge in [0.1, 0.15) is 11.9 Å². The van der Waals surface area contributed by atoms with E-state index >= 15 is 0 Å². The fourth-order valence-corrected chi connectivity index (χ4v) is 4.31. The van der Waals surface area contributed by atoms with E-state index in [1.165, 1.54) is 64.2 Å². The van der Waals surface area contributed by atoms with Gasteiger partial charge in [-0.15, -0.1) is 0 Å². The van der Waals surface area contributed by atoms with Crippen LogP contribution >= 0.6 is 0 Å². The van der Waals surface area contributed by atoms with Crippen molar-refractivity contribution >= 4 is 5.97 Å². The zero-order chi connectivity index (χ0) is 25.1. The molecule has 0 aromatic heterocycles. The number of benzene rings is 2. The summed E-state index contributed by atoms with van der Waals surface area (Å²) in [6.07, 6.45) is 16.5. The van der Waals surface area contributed by atoms with Gasteiger partial charge in [0.15, 0.2) is 0 Å². The van der Waals surface area contributed by atoms with Crippen LogP contribution in [0.4, 0.5) is 0 Å². The molecule has 3 heteroatoms. The summed E-state index contributed by atoms with van der Waals surface area (Å²) in [4.78, 5) is 12.3. The van der Waals surface area contributed by atoms with E-state index < -0.39 is 0 Å². The Labute approximate surface area is 214 Å². The van der Waals surface area contributed by atoms with Crippen LogP contribution in [0.15, 0.2) is 48.5 Å². The van der Waals surface area contributed by atoms with E-state index in [0.717, 1.165) is 48.3 Å². The molecule has 0 aliphatic carbocycles. The molecule has 0 heterocycles. The topological polar surface area (TPSA) is 35.5 Å². The van der Waals surface area contributed by atoms with E-state index in [4.69, 9.17) is 9.47 Å². The number of carbonyl (C=O) groups is 1. The van der Waals surface area contributed by atoms with Crippen LogP contribution in [0.1, 0.15) is 122 Å². The maximum atomic E-state index is 12.3. The molecular weight excluding hydrogens is 432 g/mol. The molecule has 0 aliphatic rings. The van der Waals surface area contributed by atoms with E-state index in [0.29, 0.717) is 6.42 Å². The molecule has 1 atom stereocenters. The van der Waals surface area contributed by atoms with E-state index in [1.807, 2.05) is 19.1 Å². The summed E-state index contributed by atoms with van der Waals surface area (Å²) in [5.41, 5.74) is 3.33. The quantitative estimate of drug-likeness (QED) is 0.148. The molecule has 194 valence electrons. The van der Waals surface area contributed by atoms with Gasteiger partial charge in [0.05, 0.1) is 6.61 Å². The van der Waals surface area contributed by atoms with Crippen LogP contribution in [0.2, 0.25) is 0 Å². The average molecular weight is 481 g/mol. The SMILES string of the molecule is CCCCCCCCCCCCC(=O)OC(C)c1ccc(-c2ccc(OCCCCC)cc2)cc1. The highest BCUT2D eigenvalue weighted by Crippen LogP contribution is 2.26. The van der Waals surface area contributed by atoms with E-state index in [1.54, 1.807) is 0 Å². The highest BCUT2D eigenvalue weighted by molar-refractivity contribution is 5.69. The lowest BCUT2D eigenvalue weighted by molar-refractivity contribution is -0.148. The largest absolute Gasteiger partial charge is 0.494 e. The van der Waals surface area contributed by atoms with Crippen molar-refractivity contribution in [3.05, 3.63) is 54.1 Å². The molecule has 2 aromatic carbocycles. The first kappa shape index (κ1) is 28.9. The van der Waals surface area contributed by atoms with Crippen LogP contribution in [-0.4, -0.2) is 12.6 Å². The molecule has 1 unspecified atom stereocenters. The lowest BCUT2D eigenvalue weighted by Gasteiger charge is -2.14. The average Bonchev–Trinajstić information content (AvgIpc) is 2.88. The van der Waals surface area contributed by atoms with E-state index in [2.05, 4.69) is 50.2 Å². The van der Waals surface area contributed by atoms with Crippen molar-refractivity contribution in [3.63, 3.8) is 0 Å². The van der Waals surface area contributed by atoms with Gasteiger partial charge in [-0.3, -0.25) is 4.79 Å². The zero-order valence-electron chi connectivity index (χ0n) is 22.5. The Bertz CT molecular complexity index is 795. The first-order valence-electron chi connectivity index (χ1n) is 14.2. The molecule has 0 fully saturated rings. The molecule has 0 N–H and O–H groups in total. The van der Waals surface area contributed by atoms with Crippen LogP contribution in [0.3, 0.4) is 0 Å². The fraction of sp³-hybridized carbons (Fsp3) is 0.594. The highest BCUT2D eigenvalue weighted by atomic mass is 16.5. The maximum Gasteiger partial charge on any atom is 0.306 e. The minimum absolute atomic E-state index is 0.0873. The van der Waals surface area contributed by atoms with Crippen molar-refractivity contribution < 1.29 is 14.3 Å². The van der Waals surface area contributed by atoms with Crippen LogP contribution in [0.25, 0.3) is 11.1 Å². The number of esters is 1. The molecule has 0 aliphatic heterocycles. The maximum absolute atomic E-state index is 12.3. The minimum Gasteiger partial charge on any atom is -0.494 e. The van der Waals surface area contributed by atoms with Gasteiger partial charge < -0.3 is 9.47 Å². The third-order valence-corrected chi connectivity index (χ3v) is 6.63. The summed E-state index contributed by atoms with van der Waals surface area (Å²) in [5, 5.41) is 0. The van der Waals surface area contributed by atoms with Gasteiger partial charge in [-0.2, -0.15) is 0 Å². The number of hydrogen-bond acceptors (Lipinski definition) is 3. The molecule has 35 heavy (non-hydrogen) atoms. The number of hydrogen-bond donors (Lipinski definition) is 0. The lowest BCUT2D eigenvalue weighted by Crippen LogP contribution is -2.08. The molecule has 0 radical (unpaired) electrons. The highest BCUT2D eigenvalue weighted by Gasteiger charge is 2.12. The summed E-state index contributed by atoms with van der Waals surface area (Å²) in [5.74, 6) is 0.833. The normalized spacial score (nSPS) is 11.9. The monoisotopic (exact) mass is 480 g/mol. The van der Waals surface area contributed by atoms with Crippen molar-refractivity contribution in [3.8, 4) is 16.9 Å². The number of unbranched alkanes of at least 4 members (excludes halogenated alkanes) is 11. The number of carbonyl (C=O) groups excluding carboxylic acids is 1. The Morgan fingerprint density at radius 3 is 1.71 bits per heavy atom. The summed E-state index contributed by atoms with van der Waals surface area (Å²) < 4.78 is 11.5. The predicted octanol–water partition coefficient (Wildman–Crippen LogP) is 9.84. The molecular formula is C32H48O3. The van der Waals surface area contributed by atoms with E-state index in [9.17, 15) is 4.79 Å². The van der Waals surface area contributed by atoms with Crippen LogP contribution < -0.4 is 4.74 Å². The first-order valence-corrected chi connectivity index (χ1v) is 14.2. The van der Waals surface area contributed by atoms with Gasteiger partial charge in [-0.1, -0.05) is 121 Å². The smallest absolute Gasteiger partial charge is 0.306 e. The van der Waals surface area contributed by atoms with Gasteiger partial charge in [0.2, 0.25) is 0 Å². The van der Waals surface area contributed by atoms with Crippen LogP contribution in [-0.2, 0) is 9.53 Å². The Kier molecular flexibility index (Phi) is 14.9. The predicted molar refractivity (Wildman–Crippen MR) is 148 cm³/mol. The van der Waals surface area contributed by atoms with Gasteiger partial charge in [-0.05, 0) is 48.6 Å². The second-order valence-corrected chi connectivity index (χ2v) is 9.77. The third-order valence-electron chi connectivity index (χ3n) is 6.63. The summed E-state index contributed by atoms with van der Waals surface area (Å²) >= 11 is 0. The zero-order valence-corrected chi connectivity index (χ0v) is 22.5. The molecule has 0 saturated heterocycles. The van der Waals surface area contributed by atoms with Crippen molar-refractivity contribution in [2.75, 3.05) is 6.61 Å². The van der Waals surface area contributed by atoms with Gasteiger partial charge in [0, 0.05) is 6.42 Å². The molecule has 3 nitrogen and oxygen atoms in total. The summed E-state index contributed by atoms with van der Waals surface area (Å²) in [6, 6.07) is 16.6. The summed E-state index contributed by atoms with van der Waals surface area (Å²) in [6.45, 7) is 7.19. The number of rotatable bonds is 19. The second kappa shape index (κ2) is 18.0. The molecule has 0 amide bonds. The minimum atomic E-state index is -0.224. The van der Waals surface area contributed by atoms with E-state index in [-0.39, 0.29) is 12.1 Å². The van der Waals surface area contributed by atoms with Crippen molar-refractivity contribution in [1.29, 1.82) is 0 Å². The molecule has 2 rings (SSSR count). The second-order valence-electron chi connectivity index (χ2n) is 9.77. The van der Waals surface area contributed by atoms with Crippen molar-refractivity contribution in [1.82, 2.24) is 0 Å². The van der Waals surface area contributed by atoms with Gasteiger partial charge in [-0.25, -0.2) is 0 Å². The molecule has 0 saturated carbocycles. The van der Waals surface area contributed by atoms with Gasteiger partial charge in [0.25, 0.3) is 0 Å². The van der Waals surface area contributed by atoms with Crippen LogP contribution in [0, 0.1) is 0 Å². The first-order chi connectivity index (χ1) is 17.1. The number of ether oxygens (including phenoxy) is 2. The standard InChI is InChI=1S/C32H48O3/c1-4-6-8-9-10-11-12-13-14-15-17-32(33)35-27(3)28-18-20-29(21-19-28)30-22-24-31(25-23-30)34-26-16-7-5-2/h18-25,27H,4-17,26H2,1-3H3. The Hall–Kier alpha value is -2.29. The van der Waals surface area contributed by atoms with Crippen molar-refractivity contribution in [2.45, 2.75) is 117 Å². The lowest BCUT2D eigenvalue weighted by atomic mass is 10.0. The van der Waals surface area contributed by atoms with Crippen molar-refractivity contribution in [2.24, 2.45) is 0 Å².